The summed E-state index contributed by atoms with van der Waals surface area (Å²) >= 11 is 6.26. The highest BCUT2D eigenvalue weighted by molar-refractivity contribution is 6.31. The largest absolute Gasteiger partial charge is 0.365 e. The van der Waals surface area contributed by atoms with Gasteiger partial charge in [-0.25, -0.2) is 14.6 Å². The van der Waals surface area contributed by atoms with Crippen molar-refractivity contribution in [2.75, 3.05) is 5.32 Å². The number of anilines is 1. The van der Waals surface area contributed by atoms with Crippen molar-refractivity contribution in [3.63, 3.8) is 0 Å². The van der Waals surface area contributed by atoms with Gasteiger partial charge in [0.1, 0.15) is 6.33 Å². The molecule has 2 aromatic heterocycles. The van der Waals surface area contributed by atoms with Crippen molar-refractivity contribution < 1.29 is 0 Å². The van der Waals surface area contributed by atoms with Crippen molar-refractivity contribution in [2.24, 2.45) is 5.92 Å². The van der Waals surface area contributed by atoms with Crippen LogP contribution in [0.1, 0.15) is 38.2 Å². The van der Waals surface area contributed by atoms with E-state index in [1.807, 2.05) is 24.3 Å². The molecule has 1 N–H and O–H groups in total. The van der Waals surface area contributed by atoms with Crippen LogP contribution in [0.2, 0.25) is 5.02 Å². The summed E-state index contributed by atoms with van der Waals surface area (Å²) in [5.41, 5.74) is 2.43. The molecule has 2 heterocycles. The van der Waals surface area contributed by atoms with Gasteiger partial charge in [-0.3, -0.25) is 0 Å². The maximum absolute atomic E-state index is 6.26. The number of fused-ring (bicyclic) bond motifs is 1. The van der Waals surface area contributed by atoms with Gasteiger partial charge in [0.15, 0.2) is 17.0 Å². The SMILES string of the molecule is CC1CCCC(Nc2ncnc3c2nnn3Cc2ccccc2Cl)C1. The summed E-state index contributed by atoms with van der Waals surface area (Å²) in [6.45, 7) is 2.84. The normalized spacial score (nSPS) is 20.7. The minimum atomic E-state index is 0.440. The Balaban J connectivity index is 1.61. The predicted molar refractivity (Wildman–Crippen MR) is 98.7 cm³/mol. The Hall–Kier alpha value is -2.21. The molecule has 2 atom stereocenters. The second-order valence-electron chi connectivity index (χ2n) is 6.85. The number of nitrogens with zero attached hydrogens (tertiary/aromatic N) is 5. The molecule has 0 amide bonds. The third kappa shape index (κ3) is 3.44. The number of halogens is 1. The molecular weight excluding hydrogens is 336 g/mol. The summed E-state index contributed by atoms with van der Waals surface area (Å²) in [4.78, 5) is 8.78. The highest BCUT2D eigenvalue weighted by Gasteiger charge is 2.21. The van der Waals surface area contributed by atoms with Crippen LogP contribution in [0.15, 0.2) is 30.6 Å². The van der Waals surface area contributed by atoms with Crippen molar-refractivity contribution in [1.29, 1.82) is 0 Å². The number of hydrogen-bond acceptors (Lipinski definition) is 5. The highest BCUT2D eigenvalue weighted by Crippen LogP contribution is 2.27. The minimum Gasteiger partial charge on any atom is -0.365 e. The fourth-order valence-corrected chi connectivity index (χ4v) is 3.75. The van der Waals surface area contributed by atoms with E-state index in [0.717, 1.165) is 28.0 Å². The van der Waals surface area contributed by atoms with E-state index in [1.165, 1.54) is 25.7 Å². The Morgan fingerprint density at radius 1 is 1.24 bits per heavy atom. The third-order valence-electron chi connectivity index (χ3n) is 4.86. The highest BCUT2D eigenvalue weighted by atomic mass is 35.5. The van der Waals surface area contributed by atoms with Crippen LogP contribution in [0.3, 0.4) is 0 Å². The van der Waals surface area contributed by atoms with Crippen LogP contribution in [0.4, 0.5) is 5.82 Å². The molecule has 1 fully saturated rings. The summed E-state index contributed by atoms with van der Waals surface area (Å²) in [7, 11) is 0. The molecule has 3 aromatic rings. The molecule has 4 rings (SSSR count). The molecule has 25 heavy (non-hydrogen) atoms. The number of benzene rings is 1. The van der Waals surface area contributed by atoms with Crippen LogP contribution in [-0.2, 0) is 6.54 Å². The standard InChI is InChI=1S/C18H21ClN6/c1-12-5-4-7-14(9-12)22-17-16-18(21-11-20-17)25(24-23-16)10-13-6-2-3-8-15(13)19/h2-3,6,8,11-12,14H,4-5,7,9-10H2,1H3,(H,20,21,22). The zero-order valence-electron chi connectivity index (χ0n) is 14.2. The van der Waals surface area contributed by atoms with Gasteiger partial charge < -0.3 is 5.32 Å². The molecule has 2 unspecified atom stereocenters. The van der Waals surface area contributed by atoms with Crippen molar-refractivity contribution in [3.05, 3.63) is 41.2 Å². The fraction of sp³-hybridized carbons (Fsp3) is 0.444. The van der Waals surface area contributed by atoms with Crippen LogP contribution in [-0.4, -0.2) is 31.0 Å². The maximum Gasteiger partial charge on any atom is 0.184 e. The first kappa shape index (κ1) is 16.3. The zero-order valence-corrected chi connectivity index (χ0v) is 14.9. The molecule has 130 valence electrons. The molecule has 1 aromatic carbocycles. The van der Waals surface area contributed by atoms with Gasteiger partial charge in [0.25, 0.3) is 0 Å². The average molecular weight is 357 g/mol. The molecule has 7 heteroatoms. The second-order valence-corrected chi connectivity index (χ2v) is 7.25. The summed E-state index contributed by atoms with van der Waals surface area (Å²) < 4.78 is 1.77. The van der Waals surface area contributed by atoms with Crippen molar-refractivity contribution >= 4 is 28.6 Å². The smallest absolute Gasteiger partial charge is 0.184 e. The lowest BCUT2D eigenvalue weighted by atomic mass is 9.87. The molecule has 1 saturated carbocycles. The van der Waals surface area contributed by atoms with E-state index in [1.54, 1.807) is 11.0 Å². The van der Waals surface area contributed by atoms with Crippen LogP contribution in [0, 0.1) is 5.92 Å². The molecule has 0 bridgehead atoms. The lowest BCUT2D eigenvalue weighted by molar-refractivity contribution is 0.358. The second kappa shape index (κ2) is 6.96. The number of hydrogen-bond donors (Lipinski definition) is 1. The van der Waals surface area contributed by atoms with Gasteiger partial charge in [0, 0.05) is 11.1 Å². The van der Waals surface area contributed by atoms with Gasteiger partial charge >= 0.3 is 0 Å². The quantitative estimate of drug-likeness (QED) is 0.767. The molecule has 0 radical (unpaired) electrons. The van der Waals surface area contributed by atoms with E-state index in [2.05, 4.69) is 32.5 Å². The van der Waals surface area contributed by atoms with E-state index in [4.69, 9.17) is 11.6 Å². The van der Waals surface area contributed by atoms with E-state index in [9.17, 15) is 0 Å². The Kier molecular flexibility index (Phi) is 4.53. The fourth-order valence-electron chi connectivity index (χ4n) is 3.55. The predicted octanol–water partition coefficient (Wildman–Crippen LogP) is 3.91. The Morgan fingerprint density at radius 3 is 2.96 bits per heavy atom. The Morgan fingerprint density at radius 2 is 2.12 bits per heavy atom. The molecule has 6 nitrogen and oxygen atoms in total. The van der Waals surface area contributed by atoms with Crippen LogP contribution in [0.25, 0.3) is 11.2 Å². The average Bonchev–Trinajstić information content (AvgIpc) is 3.01. The summed E-state index contributed by atoms with van der Waals surface area (Å²) in [5, 5.41) is 12.8. The molecular formula is C18H21ClN6. The molecule has 0 spiro atoms. The number of rotatable bonds is 4. The molecule has 1 aliphatic carbocycles. The van der Waals surface area contributed by atoms with Gasteiger partial charge in [-0.1, -0.05) is 54.8 Å². The number of nitrogens with one attached hydrogen (secondary N) is 1. The monoisotopic (exact) mass is 356 g/mol. The lowest BCUT2D eigenvalue weighted by Crippen LogP contribution is -2.26. The zero-order chi connectivity index (χ0) is 17.2. The van der Waals surface area contributed by atoms with Gasteiger partial charge in [0.2, 0.25) is 0 Å². The van der Waals surface area contributed by atoms with E-state index in [-0.39, 0.29) is 0 Å². The topological polar surface area (TPSA) is 68.5 Å². The van der Waals surface area contributed by atoms with Gasteiger partial charge in [-0.2, -0.15) is 0 Å². The minimum absolute atomic E-state index is 0.440. The van der Waals surface area contributed by atoms with E-state index >= 15 is 0 Å². The van der Waals surface area contributed by atoms with Crippen LogP contribution < -0.4 is 5.32 Å². The first-order valence-corrected chi connectivity index (χ1v) is 9.12. The Bertz CT molecular complexity index is 877. The summed E-state index contributed by atoms with van der Waals surface area (Å²) in [5.74, 6) is 1.52. The van der Waals surface area contributed by atoms with Crippen molar-refractivity contribution in [2.45, 2.75) is 45.2 Å². The number of aromatic nitrogens is 5. The first-order valence-electron chi connectivity index (χ1n) is 8.75. The van der Waals surface area contributed by atoms with Gasteiger partial charge in [0.05, 0.1) is 6.54 Å². The van der Waals surface area contributed by atoms with E-state index < -0.39 is 0 Å². The van der Waals surface area contributed by atoms with E-state index in [0.29, 0.717) is 18.1 Å². The van der Waals surface area contributed by atoms with Gasteiger partial charge in [-0.05, 0) is 30.4 Å². The maximum atomic E-state index is 6.26. The van der Waals surface area contributed by atoms with Crippen LogP contribution >= 0.6 is 11.6 Å². The summed E-state index contributed by atoms with van der Waals surface area (Å²) in [6, 6.07) is 8.19. The molecule has 0 aliphatic heterocycles. The third-order valence-corrected chi connectivity index (χ3v) is 5.22. The first-order chi connectivity index (χ1) is 12.2. The molecule has 1 aliphatic rings. The van der Waals surface area contributed by atoms with Crippen molar-refractivity contribution in [3.8, 4) is 0 Å². The molecule has 0 saturated heterocycles. The summed E-state index contributed by atoms with van der Waals surface area (Å²) in [6.07, 6.45) is 6.48. The van der Waals surface area contributed by atoms with Gasteiger partial charge in [-0.15, -0.1) is 5.10 Å². The van der Waals surface area contributed by atoms with Crippen LogP contribution in [0.5, 0.6) is 0 Å². The Labute approximate surface area is 151 Å². The lowest BCUT2D eigenvalue weighted by Gasteiger charge is -2.27. The van der Waals surface area contributed by atoms with Crippen molar-refractivity contribution in [1.82, 2.24) is 25.0 Å².